The topological polar surface area (TPSA) is 72.0 Å². The number of nitrogens with one attached hydrogen (secondary N) is 1. The Morgan fingerprint density at radius 3 is 2.76 bits per heavy atom. The van der Waals surface area contributed by atoms with Crippen molar-refractivity contribution >= 4 is 9.84 Å². The molecule has 2 rings (SSSR count). The van der Waals surface area contributed by atoms with Crippen molar-refractivity contribution in [1.82, 2.24) is 15.3 Å². The molecule has 6 heteroatoms. The fourth-order valence-electron chi connectivity index (χ4n) is 2.04. The SMILES string of the molecule is CNCCCc1nc(C)c2c(n1)CS(=O)(=O)C2. The standard InChI is InChI=1S/C11H17N3O2S/c1-8-9-6-17(15,16)7-10(9)14-11(13-8)4-3-5-12-2/h12H,3-7H2,1-2H3. The van der Waals surface area contributed by atoms with Crippen LogP contribution in [0.15, 0.2) is 0 Å². The van der Waals surface area contributed by atoms with Gasteiger partial charge in [0.2, 0.25) is 0 Å². The summed E-state index contributed by atoms with van der Waals surface area (Å²) in [5.74, 6) is 0.934. The fraction of sp³-hybridized carbons (Fsp3) is 0.636. The van der Waals surface area contributed by atoms with Gasteiger partial charge in [-0.1, -0.05) is 0 Å². The van der Waals surface area contributed by atoms with E-state index in [1.54, 1.807) is 0 Å². The Balaban J connectivity index is 2.22. The van der Waals surface area contributed by atoms with Gasteiger partial charge in [0.1, 0.15) is 5.82 Å². The van der Waals surface area contributed by atoms with Gasteiger partial charge in [-0.05, 0) is 26.9 Å². The van der Waals surface area contributed by atoms with Crippen LogP contribution in [0.25, 0.3) is 0 Å². The average molecular weight is 255 g/mol. The maximum atomic E-state index is 11.5. The van der Waals surface area contributed by atoms with Crippen molar-refractivity contribution in [3.63, 3.8) is 0 Å². The van der Waals surface area contributed by atoms with E-state index >= 15 is 0 Å². The van der Waals surface area contributed by atoms with Gasteiger partial charge < -0.3 is 5.32 Å². The van der Waals surface area contributed by atoms with Gasteiger partial charge in [0, 0.05) is 17.7 Å². The average Bonchev–Trinajstić information content (AvgIpc) is 2.54. The summed E-state index contributed by atoms with van der Waals surface area (Å²) in [6.07, 6.45) is 1.75. The molecule has 0 saturated carbocycles. The minimum Gasteiger partial charge on any atom is -0.320 e. The van der Waals surface area contributed by atoms with Crippen LogP contribution in [0, 0.1) is 6.92 Å². The Bertz CT molecular complexity index is 526. The lowest BCUT2D eigenvalue weighted by atomic mass is 10.2. The number of aromatic nitrogens is 2. The van der Waals surface area contributed by atoms with Gasteiger partial charge in [-0.3, -0.25) is 0 Å². The highest BCUT2D eigenvalue weighted by Gasteiger charge is 2.28. The second kappa shape index (κ2) is 4.70. The molecule has 0 aromatic carbocycles. The molecular weight excluding hydrogens is 238 g/mol. The maximum absolute atomic E-state index is 11.5. The lowest BCUT2D eigenvalue weighted by Crippen LogP contribution is -2.10. The molecule has 0 unspecified atom stereocenters. The summed E-state index contributed by atoms with van der Waals surface area (Å²) in [4.78, 5) is 8.74. The van der Waals surface area contributed by atoms with E-state index in [-0.39, 0.29) is 11.5 Å². The Labute approximate surface area is 102 Å². The number of hydrogen-bond acceptors (Lipinski definition) is 5. The molecule has 1 aromatic rings. The van der Waals surface area contributed by atoms with Crippen LogP contribution in [0.2, 0.25) is 0 Å². The summed E-state index contributed by atoms with van der Waals surface area (Å²) in [5.41, 5.74) is 2.33. The van der Waals surface area contributed by atoms with Crippen LogP contribution in [0.4, 0.5) is 0 Å². The zero-order chi connectivity index (χ0) is 12.5. The van der Waals surface area contributed by atoms with E-state index in [9.17, 15) is 8.42 Å². The van der Waals surface area contributed by atoms with Gasteiger partial charge in [0.15, 0.2) is 9.84 Å². The Morgan fingerprint density at radius 2 is 2.06 bits per heavy atom. The number of rotatable bonds is 4. The highest BCUT2D eigenvalue weighted by atomic mass is 32.2. The third-order valence-electron chi connectivity index (χ3n) is 2.89. The number of hydrogen-bond donors (Lipinski definition) is 1. The largest absolute Gasteiger partial charge is 0.320 e. The molecule has 0 amide bonds. The van der Waals surface area contributed by atoms with E-state index in [1.165, 1.54) is 0 Å². The second-order valence-electron chi connectivity index (χ2n) is 4.39. The summed E-state index contributed by atoms with van der Waals surface area (Å²) < 4.78 is 23.1. The van der Waals surface area contributed by atoms with Crippen molar-refractivity contribution < 1.29 is 8.42 Å². The molecule has 1 aliphatic heterocycles. The smallest absolute Gasteiger partial charge is 0.160 e. The second-order valence-corrected chi connectivity index (χ2v) is 6.45. The highest BCUT2D eigenvalue weighted by Crippen LogP contribution is 2.25. The maximum Gasteiger partial charge on any atom is 0.160 e. The van der Waals surface area contributed by atoms with E-state index in [2.05, 4.69) is 15.3 Å². The summed E-state index contributed by atoms with van der Waals surface area (Å²) in [6, 6.07) is 0. The van der Waals surface area contributed by atoms with Crippen molar-refractivity contribution in [3.8, 4) is 0 Å². The van der Waals surface area contributed by atoms with Gasteiger partial charge in [-0.15, -0.1) is 0 Å². The quantitative estimate of drug-likeness (QED) is 0.787. The van der Waals surface area contributed by atoms with Crippen molar-refractivity contribution in [3.05, 3.63) is 22.8 Å². The summed E-state index contributed by atoms with van der Waals surface area (Å²) in [5, 5.41) is 3.07. The first-order valence-electron chi connectivity index (χ1n) is 5.72. The van der Waals surface area contributed by atoms with Crippen LogP contribution in [0.1, 0.15) is 29.2 Å². The van der Waals surface area contributed by atoms with Gasteiger partial charge in [0.05, 0.1) is 17.2 Å². The van der Waals surface area contributed by atoms with Gasteiger partial charge in [-0.25, -0.2) is 18.4 Å². The van der Waals surface area contributed by atoms with Crippen molar-refractivity contribution in [2.45, 2.75) is 31.3 Å². The lowest BCUT2D eigenvalue weighted by Gasteiger charge is -2.05. The monoisotopic (exact) mass is 255 g/mol. The predicted octanol–water partition coefficient (Wildman–Crippen LogP) is 0.365. The fourth-order valence-corrected chi connectivity index (χ4v) is 3.61. The normalized spacial score (nSPS) is 17.1. The van der Waals surface area contributed by atoms with Crippen LogP contribution in [-0.2, 0) is 27.8 Å². The van der Waals surface area contributed by atoms with Crippen LogP contribution in [0.3, 0.4) is 0 Å². The minimum atomic E-state index is -2.98. The minimum absolute atomic E-state index is 0.0741. The molecule has 5 nitrogen and oxygen atoms in total. The third kappa shape index (κ3) is 2.81. The van der Waals surface area contributed by atoms with Crippen LogP contribution in [0.5, 0.6) is 0 Å². The Kier molecular flexibility index (Phi) is 3.44. The number of sulfone groups is 1. The van der Waals surface area contributed by atoms with Gasteiger partial charge in [-0.2, -0.15) is 0 Å². The molecule has 0 spiro atoms. The molecule has 0 atom stereocenters. The highest BCUT2D eigenvalue weighted by molar-refractivity contribution is 7.90. The first-order valence-corrected chi connectivity index (χ1v) is 7.54. The van der Waals surface area contributed by atoms with Crippen LogP contribution in [-0.4, -0.2) is 32.0 Å². The van der Waals surface area contributed by atoms with Crippen LogP contribution >= 0.6 is 0 Å². The van der Waals surface area contributed by atoms with E-state index in [0.29, 0.717) is 5.69 Å². The number of nitrogens with zero attached hydrogens (tertiary/aromatic N) is 2. The van der Waals surface area contributed by atoms with Gasteiger partial charge >= 0.3 is 0 Å². The van der Waals surface area contributed by atoms with E-state index in [0.717, 1.165) is 36.5 Å². The molecule has 0 saturated heterocycles. The molecule has 0 aliphatic carbocycles. The first kappa shape index (κ1) is 12.4. The molecule has 17 heavy (non-hydrogen) atoms. The van der Waals surface area contributed by atoms with Gasteiger partial charge in [0.25, 0.3) is 0 Å². The molecule has 1 aliphatic rings. The van der Waals surface area contributed by atoms with Crippen LogP contribution < -0.4 is 5.32 Å². The molecule has 0 bridgehead atoms. The zero-order valence-electron chi connectivity index (χ0n) is 10.2. The molecule has 1 N–H and O–H groups in total. The first-order chi connectivity index (χ1) is 8.02. The lowest BCUT2D eigenvalue weighted by molar-refractivity contribution is 0.597. The van der Waals surface area contributed by atoms with E-state index < -0.39 is 9.84 Å². The molecule has 94 valence electrons. The van der Waals surface area contributed by atoms with E-state index in [4.69, 9.17) is 0 Å². The molecule has 0 radical (unpaired) electrons. The van der Waals surface area contributed by atoms with E-state index in [1.807, 2.05) is 14.0 Å². The Hall–Kier alpha value is -1.01. The molecule has 1 aromatic heterocycles. The summed E-state index contributed by atoms with van der Waals surface area (Å²) in [7, 11) is -1.08. The summed E-state index contributed by atoms with van der Waals surface area (Å²) in [6.45, 7) is 2.78. The summed E-state index contributed by atoms with van der Waals surface area (Å²) >= 11 is 0. The molecular formula is C11H17N3O2S. The van der Waals surface area contributed by atoms with Crippen molar-refractivity contribution in [2.75, 3.05) is 13.6 Å². The number of fused-ring (bicyclic) bond motifs is 1. The zero-order valence-corrected chi connectivity index (χ0v) is 11.0. The van der Waals surface area contributed by atoms with Crippen molar-refractivity contribution in [1.29, 1.82) is 0 Å². The Morgan fingerprint density at radius 1 is 1.29 bits per heavy atom. The third-order valence-corrected chi connectivity index (χ3v) is 4.34. The van der Waals surface area contributed by atoms with Crippen molar-refractivity contribution in [2.24, 2.45) is 0 Å². The number of aryl methyl sites for hydroxylation is 2. The molecule has 2 heterocycles. The predicted molar refractivity (Wildman–Crippen MR) is 65.3 cm³/mol. The molecule has 0 fully saturated rings.